The van der Waals surface area contributed by atoms with Crippen LogP contribution in [0.15, 0.2) is 57.7 Å². The summed E-state index contributed by atoms with van der Waals surface area (Å²) >= 11 is 0. The average Bonchev–Trinajstić information content (AvgIpc) is 2.68. The first kappa shape index (κ1) is 18.3. The van der Waals surface area contributed by atoms with Crippen LogP contribution in [0.3, 0.4) is 0 Å². The molecule has 3 aromatic rings. The smallest absolute Gasteiger partial charge is 0.340 e. The third kappa shape index (κ3) is 3.57. The number of carboxylic acids is 1. The van der Waals surface area contributed by atoms with Gasteiger partial charge in [0.1, 0.15) is 5.76 Å². The number of rotatable bonds is 5. The first-order chi connectivity index (χ1) is 12.9. The van der Waals surface area contributed by atoms with Crippen LogP contribution in [0.5, 0.6) is 0 Å². The topological polar surface area (TPSA) is 96.6 Å². The molecule has 0 fully saturated rings. The summed E-state index contributed by atoms with van der Waals surface area (Å²) in [5.74, 6) is -2.06. The first-order valence-electron chi connectivity index (χ1n) is 8.17. The zero-order chi connectivity index (χ0) is 19.6. The molecule has 0 saturated carbocycles. The van der Waals surface area contributed by atoms with E-state index in [1.54, 1.807) is 31.2 Å². The lowest BCUT2D eigenvalue weighted by molar-refractivity contribution is -0.142. The summed E-state index contributed by atoms with van der Waals surface area (Å²) in [5.41, 5.74) is 0.896. The molecule has 3 rings (SSSR count). The number of hydrogen-bond donors (Lipinski definition) is 2. The number of benzene rings is 2. The molecule has 1 atom stereocenters. The third-order valence-electron chi connectivity index (χ3n) is 4.14. The number of carbonyl (C=O) groups excluding carboxylic acids is 1. The van der Waals surface area contributed by atoms with Gasteiger partial charge >= 0.3 is 5.97 Å². The quantitative estimate of drug-likeness (QED) is 0.721. The van der Waals surface area contributed by atoms with E-state index >= 15 is 0 Å². The molecular weight excluding hydrogens is 353 g/mol. The van der Waals surface area contributed by atoms with Crippen LogP contribution < -0.4 is 10.7 Å². The molecular formula is C20H16FNO5. The Kier molecular flexibility index (Phi) is 5.03. The molecule has 0 aliphatic rings. The van der Waals surface area contributed by atoms with Crippen molar-refractivity contribution in [2.24, 2.45) is 0 Å². The Hall–Kier alpha value is -3.48. The summed E-state index contributed by atoms with van der Waals surface area (Å²) in [7, 11) is 0. The highest BCUT2D eigenvalue weighted by molar-refractivity contribution is 6.05. The maximum Gasteiger partial charge on any atom is 0.340 e. The summed E-state index contributed by atoms with van der Waals surface area (Å²) in [4.78, 5) is 35.7. The number of nitrogens with one attached hydrogen (secondary N) is 1. The molecule has 0 unspecified atom stereocenters. The van der Waals surface area contributed by atoms with E-state index in [0.29, 0.717) is 16.9 Å². The second-order valence-electron chi connectivity index (χ2n) is 5.95. The van der Waals surface area contributed by atoms with E-state index in [1.807, 2.05) is 6.07 Å². The van der Waals surface area contributed by atoms with Gasteiger partial charge in [0.25, 0.3) is 5.91 Å². The van der Waals surface area contributed by atoms with Crippen molar-refractivity contribution in [2.75, 3.05) is 6.54 Å². The highest BCUT2D eigenvalue weighted by Gasteiger charge is 2.21. The minimum atomic E-state index is -2.22. The molecule has 0 aliphatic heterocycles. The standard InChI is InChI=1S/C20H16FNO5/c1-11-16(23)13-8-5-9-14(19(24)22-10-15(21)20(25)26)18(13)27-17(11)12-6-3-2-4-7-12/h2-9,15H,10H2,1H3,(H,22,24)(H,25,26)/t15-/m0/s1. The Morgan fingerprint density at radius 1 is 1.15 bits per heavy atom. The Labute approximate surface area is 153 Å². The van der Waals surface area contributed by atoms with Crippen LogP contribution in [0, 0.1) is 6.92 Å². The molecule has 2 aromatic carbocycles. The normalized spacial score (nSPS) is 11.9. The minimum Gasteiger partial charge on any atom is -0.479 e. The number of amides is 1. The summed E-state index contributed by atoms with van der Waals surface area (Å²) in [6.45, 7) is 0.951. The number of carboxylic acid groups (broad SMARTS) is 1. The van der Waals surface area contributed by atoms with Crippen molar-refractivity contribution in [1.82, 2.24) is 5.32 Å². The van der Waals surface area contributed by atoms with E-state index in [-0.39, 0.29) is 22.0 Å². The van der Waals surface area contributed by atoms with Gasteiger partial charge in [0.2, 0.25) is 6.17 Å². The van der Waals surface area contributed by atoms with E-state index in [4.69, 9.17) is 9.52 Å². The molecule has 138 valence electrons. The zero-order valence-corrected chi connectivity index (χ0v) is 14.4. The number of para-hydroxylation sites is 1. The Balaban J connectivity index is 2.10. The molecule has 0 saturated heterocycles. The van der Waals surface area contributed by atoms with Gasteiger partial charge in [0.05, 0.1) is 17.5 Å². The van der Waals surface area contributed by atoms with Crippen molar-refractivity contribution in [1.29, 1.82) is 0 Å². The van der Waals surface area contributed by atoms with Gasteiger partial charge in [-0.25, -0.2) is 9.18 Å². The highest BCUT2D eigenvalue weighted by atomic mass is 19.1. The lowest BCUT2D eigenvalue weighted by Gasteiger charge is -2.11. The van der Waals surface area contributed by atoms with Crippen molar-refractivity contribution < 1.29 is 23.5 Å². The number of alkyl halides is 1. The molecule has 1 heterocycles. The molecule has 0 radical (unpaired) electrons. The van der Waals surface area contributed by atoms with Crippen LogP contribution >= 0.6 is 0 Å². The number of hydrogen-bond acceptors (Lipinski definition) is 4. The average molecular weight is 369 g/mol. The Morgan fingerprint density at radius 3 is 2.52 bits per heavy atom. The zero-order valence-electron chi connectivity index (χ0n) is 14.4. The SMILES string of the molecule is Cc1c(-c2ccccc2)oc2c(C(=O)NC[C@H](F)C(=O)O)cccc2c1=O. The predicted octanol–water partition coefficient (Wildman–Crippen LogP) is 2.92. The van der Waals surface area contributed by atoms with Crippen molar-refractivity contribution in [2.45, 2.75) is 13.1 Å². The second kappa shape index (κ2) is 7.41. The van der Waals surface area contributed by atoms with Gasteiger partial charge in [-0.1, -0.05) is 36.4 Å². The maximum atomic E-state index is 13.2. The molecule has 1 amide bonds. The van der Waals surface area contributed by atoms with Gasteiger partial charge in [-0.05, 0) is 19.1 Å². The maximum absolute atomic E-state index is 13.2. The van der Waals surface area contributed by atoms with Gasteiger partial charge < -0.3 is 14.8 Å². The van der Waals surface area contributed by atoms with Crippen molar-refractivity contribution in [3.05, 3.63) is 69.9 Å². The summed E-state index contributed by atoms with van der Waals surface area (Å²) in [5, 5.41) is 11.0. The number of aliphatic carboxylic acids is 1. The molecule has 0 aliphatic carbocycles. The van der Waals surface area contributed by atoms with Crippen LogP contribution in [0.2, 0.25) is 0 Å². The molecule has 2 N–H and O–H groups in total. The van der Waals surface area contributed by atoms with E-state index in [9.17, 15) is 18.8 Å². The van der Waals surface area contributed by atoms with Crippen molar-refractivity contribution >= 4 is 22.8 Å². The van der Waals surface area contributed by atoms with E-state index < -0.39 is 24.6 Å². The molecule has 0 bridgehead atoms. The van der Waals surface area contributed by atoms with Crippen LogP contribution in [-0.2, 0) is 4.79 Å². The Bertz CT molecular complexity index is 1070. The van der Waals surface area contributed by atoms with Crippen LogP contribution in [0.4, 0.5) is 4.39 Å². The van der Waals surface area contributed by atoms with E-state index in [1.165, 1.54) is 18.2 Å². The van der Waals surface area contributed by atoms with E-state index in [2.05, 4.69) is 5.32 Å². The van der Waals surface area contributed by atoms with Crippen LogP contribution in [0.1, 0.15) is 15.9 Å². The molecule has 7 heteroatoms. The van der Waals surface area contributed by atoms with Gasteiger partial charge in [-0.2, -0.15) is 0 Å². The fourth-order valence-corrected chi connectivity index (χ4v) is 2.72. The monoisotopic (exact) mass is 369 g/mol. The summed E-state index contributed by atoms with van der Waals surface area (Å²) < 4.78 is 19.1. The summed E-state index contributed by atoms with van der Waals surface area (Å²) in [6.07, 6.45) is -2.22. The molecule has 27 heavy (non-hydrogen) atoms. The molecule has 6 nitrogen and oxygen atoms in total. The largest absolute Gasteiger partial charge is 0.479 e. The van der Waals surface area contributed by atoms with Gasteiger partial charge in [-0.15, -0.1) is 0 Å². The molecule has 1 aromatic heterocycles. The predicted molar refractivity (Wildman–Crippen MR) is 97.5 cm³/mol. The summed E-state index contributed by atoms with van der Waals surface area (Å²) in [6, 6.07) is 13.5. The van der Waals surface area contributed by atoms with Gasteiger partial charge in [0.15, 0.2) is 11.0 Å². The second-order valence-corrected chi connectivity index (χ2v) is 5.95. The number of halogens is 1. The third-order valence-corrected chi connectivity index (χ3v) is 4.14. The highest BCUT2D eigenvalue weighted by Crippen LogP contribution is 2.27. The number of carbonyl (C=O) groups is 2. The molecule has 0 spiro atoms. The minimum absolute atomic E-state index is 0.0272. The van der Waals surface area contributed by atoms with Crippen molar-refractivity contribution in [3.63, 3.8) is 0 Å². The van der Waals surface area contributed by atoms with E-state index in [0.717, 1.165) is 0 Å². The van der Waals surface area contributed by atoms with Crippen LogP contribution in [0.25, 0.3) is 22.3 Å². The first-order valence-corrected chi connectivity index (χ1v) is 8.17. The lowest BCUT2D eigenvalue weighted by Crippen LogP contribution is -2.34. The Morgan fingerprint density at radius 2 is 1.85 bits per heavy atom. The lowest BCUT2D eigenvalue weighted by atomic mass is 10.0. The van der Waals surface area contributed by atoms with Crippen LogP contribution in [-0.4, -0.2) is 29.7 Å². The van der Waals surface area contributed by atoms with Gasteiger partial charge in [-0.3, -0.25) is 9.59 Å². The number of fused-ring (bicyclic) bond motifs is 1. The van der Waals surface area contributed by atoms with Crippen molar-refractivity contribution in [3.8, 4) is 11.3 Å². The fourth-order valence-electron chi connectivity index (χ4n) is 2.72. The fraction of sp³-hybridized carbons (Fsp3) is 0.150. The van der Waals surface area contributed by atoms with Gasteiger partial charge in [0, 0.05) is 11.1 Å².